The molecule has 1 aromatic rings. The molecule has 1 aromatic carbocycles. The molecule has 0 saturated heterocycles. The molecular weight excluding hydrogens is 235 g/mol. The minimum Gasteiger partial charge on any atom is -0.422 e. The van der Waals surface area contributed by atoms with Crippen LogP contribution in [0.15, 0.2) is 0 Å². The highest BCUT2D eigenvalue weighted by Crippen LogP contribution is 2.28. The Hall–Kier alpha value is -1.66. The molecule has 0 aliphatic heterocycles. The highest BCUT2D eigenvalue weighted by Gasteiger charge is 2.26. The van der Waals surface area contributed by atoms with Crippen LogP contribution in [0.1, 0.15) is 13.8 Å². The first kappa shape index (κ1) is 14.3. The van der Waals surface area contributed by atoms with Crippen LogP contribution in [0.4, 0.5) is 22.0 Å². The Balaban J connectivity index is 0.00000106. The standard InChI is InChI=1S/C7HF5O2.C2H6/c8-2-3(9)5(11)7(14-1-13)6(12)4(2)10;1-2/h1H;1-2H3. The molecule has 0 saturated carbocycles. The second-order valence-corrected chi connectivity index (χ2v) is 2.11. The smallest absolute Gasteiger partial charge is 0.298 e. The van der Waals surface area contributed by atoms with Crippen molar-refractivity contribution in [2.75, 3.05) is 0 Å². The fourth-order valence-electron chi connectivity index (χ4n) is 0.736. The molecule has 90 valence electrons. The molecule has 0 unspecified atom stereocenters. The van der Waals surface area contributed by atoms with E-state index in [1.54, 1.807) is 0 Å². The topological polar surface area (TPSA) is 26.3 Å². The summed E-state index contributed by atoms with van der Waals surface area (Å²) in [5, 5.41) is 0. The van der Waals surface area contributed by atoms with Crippen molar-refractivity contribution in [3.63, 3.8) is 0 Å². The van der Waals surface area contributed by atoms with E-state index in [9.17, 15) is 26.7 Å². The van der Waals surface area contributed by atoms with Crippen LogP contribution in [0.2, 0.25) is 0 Å². The van der Waals surface area contributed by atoms with Crippen molar-refractivity contribution in [3.8, 4) is 5.75 Å². The van der Waals surface area contributed by atoms with Gasteiger partial charge in [-0.2, -0.15) is 8.78 Å². The molecule has 0 atom stereocenters. The molecule has 0 N–H and O–H groups in total. The summed E-state index contributed by atoms with van der Waals surface area (Å²) in [4.78, 5) is 9.69. The minimum atomic E-state index is -2.31. The van der Waals surface area contributed by atoms with Crippen molar-refractivity contribution in [1.82, 2.24) is 0 Å². The molecule has 1 rings (SSSR count). The predicted octanol–water partition coefficient (Wildman–Crippen LogP) is 2.94. The maximum atomic E-state index is 12.6. The minimum absolute atomic E-state index is 0.446. The van der Waals surface area contributed by atoms with Crippen LogP contribution < -0.4 is 4.74 Å². The first-order chi connectivity index (χ1) is 7.50. The number of ether oxygens (including phenoxy) is 1. The van der Waals surface area contributed by atoms with Gasteiger partial charge in [0, 0.05) is 0 Å². The summed E-state index contributed by atoms with van der Waals surface area (Å²) in [5.41, 5.74) is 0. The molecule has 0 aliphatic carbocycles. The zero-order valence-corrected chi connectivity index (χ0v) is 8.28. The Kier molecular flexibility index (Phi) is 5.41. The Morgan fingerprint density at radius 1 is 0.812 bits per heavy atom. The quantitative estimate of drug-likeness (QED) is 0.345. The largest absolute Gasteiger partial charge is 0.422 e. The van der Waals surface area contributed by atoms with Gasteiger partial charge in [0.1, 0.15) is 0 Å². The van der Waals surface area contributed by atoms with Crippen molar-refractivity contribution in [1.29, 1.82) is 0 Å². The van der Waals surface area contributed by atoms with E-state index >= 15 is 0 Å². The number of benzene rings is 1. The lowest BCUT2D eigenvalue weighted by atomic mass is 10.3. The highest BCUT2D eigenvalue weighted by molar-refractivity contribution is 5.46. The van der Waals surface area contributed by atoms with E-state index in [4.69, 9.17) is 0 Å². The van der Waals surface area contributed by atoms with Crippen LogP contribution in [0.5, 0.6) is 5.75 Å². The lowest BCUT2D eigenvalue weighted by Gasteiger charge is -2.04. The van der Waals surface area contributed by atoms with Crippen LogP contribution in [0.3, 0.4) is 0 Å². The fourth-order valence-corrected chi connectivity index (χ4v) is 0.736. The summed E-state index contributed by atoms with van der Waals surface area (Å²) in [6.07, 6.45) is 0. The molecule has 16 heavy (non-hydrogen) atoms. The van der Waals surface area contributed by atoms with E-state index in [1.165, 1.54) is 0 Å². The molecular formula is C9H7F5O2. The van der Waals surface area contributed by atoms with Crippen LogP contribution in [0.25, 0.3) is 0 Å². The van der Waals surface area contributed by atoms with E-state index in [1.807, 2.05) is 13.8 Å². The summed E-state index contributed by atoms with van der Waals surface area (Å²) in [7, 11) is 0. The molecule has 0 fully saturated rings. The SMILES string of the molecule is CC.O=COc1c(F)c(F)c(F)c(F)c1F. The molecule has 0 heterocycles. The third-order valence-corrected chi connectivity index (χ3v) is 1.34. The number of rotatable bonds is 2. The maximum absolute atomic E-state index is 12.6. The number of carbonyl (C=O) groups is 1. The van der Waals surface area contributed by atoms with Crippen molar-refractivity contribution in [3.05, 3.63) is 29.1 Å². The first-order valence-electron chi connectivity index (χ1n) is 4.12. The Bertz CT molecular complexity index is 363. The van der Waals surface area contributed by atoms with E-state index in [2.05, 4.69) is 4.74 Å². The van der Waals surface area contributed by atoms with Crippen molar-refractivity contribution in [2.45, 2.75) is 13.8 Å². The normalized spacial score (nSPS) is 9.19. The molecule has 0 radical (unpaired) electrons. The number of carbonyl (C=O) groups excluding carboxylic acids is 1. The Morgan fingerprint density at radius 3 is 1.44 bits per heavy atom. The van der Waals surface area contributed by atoms with Gasteiger partial charge in [-0.1, -0.05) is 13.8 Å². The van der Waals surface area contributed by atoms with Crippen LogP contribution in [-0.4, -0.2) is 6.47 Å². The fraction of sp³-hybridized carbons (Fsp3) is 0.222. The summed E-state index contributed by atoms with van der Waals surface area (Å²) >= 11 is 0. The number of hydrogen-bond donors (Lipinski definition) is 0. The zero-order chi connectivity index (χ0) is 12.9. The van der Waals surface area contributed by atoms with Gasteiger partial charge in [0.15, 0.2) is 0 Å². The summed E-state index contributed by atoms with van der Waals surface area (Å²) in [5.74, 6) is -12.6. The van der Waals surface area contributed by atoms with Gasteiger partial charge in [-0.15, -0.1) is 0 Å². The molecule has 2 nitrogen and oxygen atoms in total. The van der Waals surface area contributed by atoms with Gasteiger partial charge in [0.25, 0.3) is 6.47 Å². The maximum Gasteiger partial charge on any atom is 0.298 e. The molecule has 0 aliphatic rings. The van der Waals surface area contributed by atoms with E-state index < -0.39 is 41.3 Å². The number of hydrogen-bond acceptors (Lipinski definition) is 2. The Morgan fingerprint density at radius 2 is 1.12 bits per heavy atom. The van der Waals surface area contributed by atoms with E-state index in [0.29, 0.717) is 0 Å². The third kappa shape index (κ3) is 2.47. The van der Waals surface area contributed by atoms with Crippen molar-refractivity contribution < 1.29 is 31.5 Å². The zero-order valence-electron chi connectivity index (χ0n) is 8.28. The lowest BCUT2D eigenvalue weighted by Crippen LogP contribution is -2.05. The molecule has 7 heteroatoms. The molecule has 0 bridgehead atoms. The van der Waals surface area contributed by atoms with Gasteiger partial charge >= 0.3 is 0 Å². The van der Waals surface area contributed by atoms with Crippen LogP contribution in [0, 0.1) is 29.1 Å². The van der Waals surface area contributed by atoms with E-state index in [-0.39, 0.29) is 0 Å². The van der Waals surface area contributed by atoms with Crippen LogP contribution in [-0.2, 0) is 4.79 Å². The lowest BCUT2D eigenvalue weighted by molar-refractivity contribution is -0.121. The second-order valence-electron chi connectivity index (χ2n) is 2.11. The van der Waals surface area contributed by atoms with Gasteiger partial charge in [-0.3, -0.25) is 4.79 Å². The van der Waals surface area contributed by atoms with Crippen molar-refractivity contribution in [2.24, 2.45) is 0 Å². The Labute approximate surface area is 87.6 Å². The monoisotopic (exact) mass is 242 g/mol. The molecule has 0 amide bonds. The van der Waals surface area contributed by atoms with Gasteiger partial charge in [-0.25, -0.2) is 13.2 Å². The van der Waals surface area contributed by atoms with Crippen LogP contribution >= 0.6 is 0 Å². The molecule has 0 spiro atoms. The van der Waals surface area contributed by atoms with Gasteiger partial charge in [0.05, 0.1) is 0 Å². The van der Waals surface area contributed by atoms with E-state index in [0.717, 1.165) is 0 Å². The summed E-state index contributed by atoms with van der Waals surface area (Å²) in [6.45, 7) is 3.55. The molecule has 0 aromatic heterocycles. The predicted molar refractivity (Wildman–Crippen MR) is 44.3 cm³/mol. The summed E-state index contributed by atoms with van der Waals surface area (Å²) < 4.78 is 65.9. The average molecular weight is 242 g/mol. The van der Waals surface area contributed by atoms with Crippen molar-refractivity contribution >= 4 is 6.47 Å². The first-order valence-corrected chi connectivity index (χ1v) is 4.12. The average Bonchev–Trinajstić information content (AvgIpc) is 2.32. The van der Waals surface area contributed by atoms with Gasteiger partial charge in [0.2, 0.25) is 34.8 Å². The highest BCUT2D eigenvalue weighted by atomic mass is 19.2. The second kappa shape index (κ2) is 6.04. The summed E-state index contributed by atoms with van der Waals surface area (Å²) in [6, 6.07) is 0. The van der Waals surface area contributed by atoms with Gasteiger partial charge in [-0.05, 0) is 0 Å². The third-order valence-electron chi connectivity index (χ3n) is 1.34. The van der Waals surface area contributed by atoms with Gasteiger partial charge < -0.3 is 4.74 Å². The number of halogens is 5.